The van der Waals surface area contributed by atoms with E-state index in [0.29, 0.717) is 17.5 Å². The van der Waals surface area contributed by atoms with Gasteiger partial charge in [0.2, 0.25) is 0 Å². The highest BCUT2D eigenvalue weighted by Gasteiger charge is 2.26. The highest BCUT2D eigenvalue weighted by molar-refractivity contribution is 9.10. The van der Waals surface area contributed by atoms with E-state index in [4.69, 9.17) is 4.42 Å². The Balaban J connectivity index is 2.09. The van der Waals surface area contributed by atoms with Crippen molar-refractivity contribution >= 4 is 21.7 Å². The minimum Gasteiger partial charge on any atom is -0.460 e. The SMILES string of the molecule is CNc1cc(C2CC2)nc(-c2occc2Br)n1. The first-order valence-electron chi connectivity index (χ1n) is 5.58. The minimum atomic E-state index is 0.595. The molecule has 1 aliphatic rings. The lowest BCUT2D eigenvalue weighted by atomic mass is 10.2. The molecule has 0 bridgehead atoms. The van der Waals surface area contributed by atoms with Gasteiger partial charge < -0.3 is 9.73 Å². The van der Waals surface area contributed by atoms with Crippen molar-refractivity contribution < 1.29 is 4.42 Å². The summed E-state index contributed by atoms with van der Waals surface area (Å²) in [6.07, 6.45) is 4.07. The van der Waals surface area contributed by atoms with Crippen LogP contribution < -0.4 is 5.32 Å². The number of anilines is 1. The molecule has 5 heteroatoms. The Labute approximate surface area is 108 Å². The third kappa shape index (κ3) is 2.07. The first kappa shape index (κ1) is 10.8. The molecule has 0 spiro atoms. The van der Waals surface area contributed by atoms with Crippen LogP contribution in [0.5, 0.6) is 0 Å². The highest BCUT2D eigenvalue weighted by Crippen LogP contribution is 2.40. The van der Waals surface area contributed by atoms with Crippen LogP contribution >= 0.6 is 15.9 Å². The lowest BCUT2D eigenvalue weighted by Crippen LogP contribution is -1.99. The van der Waals surface area contributed by atoms with E-state index < -0.39 is 0 Å². The zero-order valence-electron chi connectivity index (χ0n) is 9.40. The molecule has 1 fully saturated rings. The molecule has 88 valence electrons. The van der Waals surface area contributed by atoms with Crippen LogP contribution in [0.1, 0.15) is 24.5 Å². The number of rotatable bonds is 3. The van der Waals surface area contributed by atoms with Gasteiger partial charge in [-0.2, -0.15) is 0 Å². The quantitative estimate of drug-likeness (QED) is 0.942. The van der Waals surface area contributed by atoms with Gasteiger partial charge in [0.1, 0.15) is 5.82 Å². The van der Waals surface area contributed by atoms with Crippen LogP contribution in [0.3, 0.4) is 0 Å². The molecule has 0 amide bonds. The predicted molar refractivity (Wildman–Crippen MR) is 69.0 cm³/mol. The van der Waals surface area contributed by atoms with Gasteiger partial charge in [-0.05, 0) is 34.8 Å². The van der Waals surface area contributed by atoms with E-state index in [0.717, 1.165) is 16.0 Å². The average Bonchev–Trinajstić information content (AvgIpc) is 3.11. The maximum Gasteiger partial charge on any atom is 0.199 e. The van der Waals surface area contributed by atoms with Gasteiger partial charge in [0, 0.05) is 24.7 Å². The van der Waals surface area contributed by atoms with Crippen LogP contribution in [-0.4, -0.2) is 17.0 Å². The van der Waals surface area contributed by atoms with Gasteiger partial charge in [0.15, 0.2) is 11.6 Å². The van der Waals surface area contributed by atoms with E-state index in [1.807, 2.05) is 19.2 Å². The molecule has 0 saturated heterocycles. The first-order chi connectivity index (χ1) is 8.28. The second kappa shape index (κ2) is 4.14. The predicted octanol–water partition coefficient (Wildman–Crippen LogP) is 3.42. The fourth-order valence-electron chi connectivity index (χ4n) is 1.74. The number of furan rings is 1. The molecule has 1 N–H and O–H groups in total. The molecule has 4 nitrogen and oxygen atoms in total. The number of halogens is 1. The fourth-order valence-corrected chi connectivity index (χ4v) is 2.12. The monoisotopic (exact) mass is 293 g/mol. The zero-order chi connectivity index (χ0) is 11.8. The van der Waals surface area contributed by atoms with Crippen molar-refractivity contribution in [2.75, 3.05) is 12.4 Å². The Bertz CT molecular complexity index is 548. The second-order valence-corrected chi connectivity index (χ2v) is 4.98. The molecule has 0 atom stereocenters. The third-order valence-corrected chi connectivity index (χ3v) is 3.44. The molecule has 2 heterocycles. The van der Waals surface area contributed by atoms with Crippen molar-refractivity contribution in [2.45, 2.75) is 18.8 Å². The minimum absolute atomic E-state index is 0.595. The molecule has 2 aromatic rings. The summed E-state index contributed by atoms with van der Waals surface area (Å²) in [5, 5.41) is 3.06. The van der Waals surface area contributed by atoms with Gasteiger partial charge >= 0.3 is 0 Å². The summed E-state index contributed by atoms with van der Waals surface area (Å²) in [5.74, 6) is 2.75. The van der Waals surface area contributed by atoms with Gasteiger partial charge in [-0.1, -0.05) is 0 Å². The smallest absolute Gasteiger partial charge is 0.199 e. The Morgan fingerprint density at radius 1 is 1.41 bits per heavy atom. The van der Waals surface area contributed by atoms with E-state index in [2.05, 4.69) is 31.2 Å². The summed E-state index contributed by atoms with van der Waals surface area (Å²) >= 11 is 3.43. The van der Waals surface area contributed by atoms with Crippen LogP contribution in [0.25, 0.3) is 11.6 Å². The summed E-state index contributed by atoms with van der Waals surface area (Å²) in [6.45, 7) is 0. The van der Waals surface area contributed by atoms with Crippen molar-refractivity contribution in [3.05, 3.63) is 28.6 Å². The molecular weight excluding hydrogens is 282 g/mol. The summed E-state index contributed by atoms with van der Waals surface area (Å²) in [4.78, 5) is 8.99. The van der Waals surface area contributed by atoms with Crippen molar-refractivity contribution in [3.8, 4) is 11.6 Å². The van der Waals surface area contributed by atoms with E-state index in [1.54, 1.807) is 6.26 Å². The van der Waals surface area contributed by atoms with Crippen molar-refractivity contribution in [3.63, 3.8) is 0 Å². The number of hydrogen-bond donors (Lipinski definition) is 1. The van der Waals surface area contributed by atoms with E-state index >= 15 is 0 Å². The van der Waals surface area contributed by atoms with Crippen LogP contribution in [0, 0.1) is 0 Å². The summed E-state index contributed by atoms with van der Waals surface area (Å²) in [7, 11) is 1.86. The Morgan fingerprint density at radius 2 is 2.24 bits per heavy atom. The Hall–Kier alpha value is -1.36. The Morgan fingerprint density at radius 3 is 2.82 bits per heavy atom. The molecule has 0 aliphatic heterocycles. The number of nitrogens with one attached hydrogen (secondary N) is 1. The lowest BCUT2D eigenvalue weighted by Gasteiger charge is -2.05. The maximum absolute atomic E-state index is 5.41. The zero-order valence-corrected chi connectivity index (χ0v) is 11.0. The third-order valence-electron chi connectivity index (χ3n) is 2.82. The van der Waals surface area contributed by atoms with Gasteiger partial charge in [-0.25, -0.2) is 9.97 Å². The number of hydrogen-bond acceptors (Lipinski definition) is 4. The molecule has 2 aromatic heterocycles. The molecular formula is C12H12BrN3O. The van der Waals surface area contributed by atoms with Crippen molar-refractivity contribution in [2.24, 2.45) is 0 Å². The summed E-state index contributed by atoms with van der Waals surface area (Å²) < 4.78 is 6.29. The largest absolute Gasteiger partial charge is 0.460 e. The van der Waals surface area contributed by atoms with Crippen molar-refractivity contribution in [1.82, 2.24) is 9.97 Å². The molecule has 17 heavy (non-hydrogen) atoms. The topological polar surface area (TPSA) is 51.0 Å². The van der Waals surface area contributed by atoms with Crippen LogP contribution in [0.4, 0.5) is 5.82 Å². The molecule has 1 aliphatic carbocycles. The van der Waals surface area contributed by atoms with Crippen LogP contribution in [0.2, 0.25) is 0 Å². The normalized spacial score (nSPS) is 14.9. The number of aromatic nitrogens is 2. The molecule has 0 radical (unpaired) electrons. The second-order valence-electron chi connectivity index (χ2n) is 4.12. The summed E-state index contributed by atoms with van der Waals surface area (Å²) in [6, 6.07) is 3.86. The van der Waals surface area contributed by atoms with Gasteiger partial charge in [-0.15, -0.1) is 0 Å². The van der Waals surface area contributed by atoms with Crippen molar-refractivity contribution in [1.29, 1.82) is 0 Å². The van der Waals surface area contributed by atoms with E-state index in [-0.39, 0.29) is 0 Å². The fraction of sp³-hybridized carbons (Fsp3) is 0.333. The lowest BCUT2D eigenvalue weighted by molar-refractivity contribution is 0.575. The van der Waals surface area contributed by atoms with Gasteiger partial charge in [0.25, 0.3) is 0 Å². The van der Waals surface area contributed by atoms with Crippen LogP contribution in [-0.2, 0) is 0 Å². The standard InChI is InChI=1S/C12H12BrN3O/c1-14-10-6-9(7-2-3-7)15-12(16-10)11-8(13)4-5-17-11/h4-7H,2-3H2,1H3,(H,14,15,16). The molecule has 0 aromatic carbocycles. The highest BCUT2D eigenvalue weighted by atomic mass is 79.9. The molecule has 1 saturated carbocycles. The number of nitrogens with zero attached hydrogens (tertiary/aromatic N) is 2. The van der Waals surface area contributed by atoms with E-state index in [9.17, 15) is 0 Å². The van der Waals surface area contributed by atoms with E-state index in [1.165, 1.54) is 12.8 Å². The summed E-state index contributed by atoms with van der Waals surface area (Å²) in [5.41, 5.74) is 1.10. The van der Waals surface area contributed by atoms with Crippen LogP contribution in [0.15, 0.2) is 27.3 Å². The van der Waals surface area contributed by atoms with Gasteiger partial charge in [0.05, 0.1) is 10.7 Å². The average molecular weight is 294 g/mol. The maximum atomic E-state index is 5.41. The Kier molecular flexibility index (Phi) is 2.63. The molecule has 0 unspecified atom stereocenters. The molecule has 3 rings (SSSR count). The van der Waals surface area contributed by atoms with Gasteiger partial charge in [-0.3, -0.25) is 0 Å². The first-order valence-corrected chi connectivity index (χ1v) is 6.37.